The fourth-order valence-electron chi connectivity index (χ4n) is 7.80. The number of aliphatic hydroxyl groups excluding tert-OH is 2. The van der Waals surface area contributed by atoms with E-state index in [-0.39, 0.29) is 25.2 Å². The van der Waals surface area contributed by atoms with Crippen LogP contribution in [0.3, 0.4) is 0 Å². The first-order valence-electron chi connectivity index (χ1n) is 26.6. The first-order chi connectivity index (χ1) is 29.0. The lowest BCUT2D eigenvalue weighted by atomic mass is 10.0. The molecule has 0 aliphatic heterocycles. The molecular formula is C53H106O6. The molecular weight excluding hydrogens is 733 g/mol. The van der Waals surface area contributed by atoms with E-state index in [1.54, 1.807) is 0 Å². The third-order valence-electron chi connectivity index (χ3n) is 11.9. The molecule has 0 rings (SSSR count). The lowest BCUT2D eigenvalue weighted by Gasteiger charge is -2.08. The van der Waals surface area contributed by atoms with Crippen LogP contribution in [0, 0.1) is 0 Å². The number of carbonyl (C=O) groups is 2. The largest absolute Gasteiger partial charge is 0.466 e. The summed E-state index contributed by atoms with van der Waals surface area (Å²) in [7, 11) is 0. The molecule has 59 heavy (non-hydrogen) atoms. The predicted molar refractivity (Wildman–Crippen MR) is 255 cm³/mol. The Hall–Kier alpha value is -1.14. The van der Waals surface area contributed by atoms with E-state index in [1.165, 1.54) is 244 Å². The van der Waals surface area contributed by atoms with Crippen LogP contribution in [0.25, 0.3) is 0 Å². The maximum absolute atomic E-state index is 11.9. The minimum atomic E-state index is -0.954. The molecule has 6 nitrogen and oxygen atoms in total. The van der Waals surface area contributed by atoms with Gasteiger partial charge in [-0.1, -0.05) is 271 Å². The van der Waals surface area contributed by atoms with Gasteiger partial charge in [-0.3, -0.25) is 9.59 Å². The molecule has 0 saturated carbocycles. The Kier molecular flexibility index (Phi) is 55.8. The summed E-state index contributed by atoms with van der Waals surface area (Å²) in [6.07, 6.45) is 56.2. The third kappa shape index (κ3) is 56.9. The van der Waals surface area contributed by atoms with Gasteiger partial charge in [0.1, 0.15) is 12.7 Å². The molecule has 0 saturated heterocycles. The van der Waals surface area contributed by atoms with Gasteiger partial charge in [-0.15, -0.1) is 0 Å². The lowest BCUT2D eigenvalue weighted by molar-refractivity contribution is -0.147. The van der Waals surface area contributed by atoms with E-state index in [9.17, 15) is 9.59 Å². The monoisotopic (exact) mass is 839 g/mol. The van der Waals surface area contributed by atoms with Crippen LogP contribution in [0.1, 0.15) is 303 Å². The molecule has 0 aromatic rings. The molecule has 0 aliphatic carbocycles. The van der Waals surface area contributed by atoms with Gasteiger partial charge < -0.3 is 19.7 Å². The van der Waals surface area contributed by atoms with Crippen LogP contribution in [-0.2, 0) is 19.1 Å². The predicted octanol–water partition coefficient (Wildman–Crippen LogP) is 16.6. The Morgan fingerprint density at radius 3 is 0.814 bits per heavy atom. The summed E-state index contributed by atoms with van der Waals surface area (Å²) < 4.78 is 10.3. The fraction of sp³-hybridized carbons (Fsp3) is 0.962. The van der Waals surface area contributed by atoms with Crippen LogP contribution in [0.4, 0.5) is 0 Å². The zero-order valence-electron chi connectivity index (χ0n) is 40.3. The van der Waals surface area contributed by atoms with Crippen molar-refractivity contribution >= 4 is 11.9 Å². The number of aliphatic hydroxyl groups is 2. The topological polar surface area (TPSA) is 93.1 Å². The van der Waals surface area contributed by atoms with E-state index in [0.29, 0.717) is 19.4 Å². The molecule has 6 heteroatoms. The van der Waals surface area contributed by atoms with E-state index in [2.05, 4.69) is 20.8 Å². The average Bonchev–Trinajstić information content (AvgIpc) is 3.24. The highest BCUT2D eigenvalue weighted by Gasteiger charge is 2.07. The molecule has 0 fully saturated rings. The third-order valence-corrected chi connectivity index (χ3v) is 11.9. The molecule has 354 valence electrons. The van der Waals surface area contributed by atoms with Crippen molar-refractivity contribution in [2.75, 3.05) is 19.8 Å². The van der Waals surface area contributed by atoms with Crippen LogP contribution < -0.4 is 0 Å². The fourth-order valence-corrected chi connectivity index (χ4v) is 7.80. The molecule has 0 bridgehead atoms. The zero-order valence-corrected chi connectivity index (χ0v) is 40.3. The average molecular weight is 839 g/mol. The lowest BCUT2D eigenvalue weighted by Crippen LogP contribution is -2.21. The first kappa shape index (κ1) is 60.0. The molecule has 0 aromatic carbocycles. The van der Waals surface area contributed by atoms with Gasteiger partial charge in [-0.05, 0) is 19.3 Å². The number of carbonyl (C=O) groups excluding carboxylic acids is 2. The number of rotatable bonds is 48. The molecule has 1 unspecified atom stereocenters. The van der Waals surface area contributed by atoms with Crippen molar-refractivity contribution in [3.05, 3.63) is 0 Å². The molecule has 0 heterocycles. The Bertz CT molecular complexity index is 788. The standard InChI is InChI=1S/C32H64O2.C21H42O4/c1-3-5-7-9-11-13-15-17-19-21-23-25-27-29-31-34-32(33)30-28-26-24-22-20-18-16-14-12-10-8-6-4-2;1-2-3-4-5-6-7-8-9-10-11-12-13-14-15-16-17-21(24)25-19-20(23)18-22/h3-31H2,1-2H3;20,22-23H,2-19H2,1H3. The summed E-state index contributed by atoms with van der Waals surface area (Å²) in [4.78, 5) is 23.2. The highest BCUT2D eigenvalue weighted by molar-refractivity contribution is 5.69. The van der Waals surface area contributed by atoms with Gasteiger partial charge in [0, 0.05) is 12.8 Å². The number of unbranched alkanes of at least 4 members (excludes halogenated alkanes) is 39. The smallest absolute Gasteiger partial charge is 0.305 e. The molecule has 0 amide bonds. The van der Waals surface area contributed by atoms with E-state index < -0.39 is 6.10 Å². The summed E-state index contributed by atoms with van der Waals surface area (Å²) in [6, 6.07) is 0. The van der Waals surface area contributed by atoms with Crippen molar-refractivity contribution < 1.29 is 29.3 Å². The molecule has 0 aliphatic rings. The minimum absolute atomic E-state index is 0.0257. The summed E-state index contributed by atoms with van der Waals surface area (Å²) in [5.74, 6) is -0.250. The quantitative estimate of drug-likeness (QED) is 0.0468. The number of hydrogen-bond donors (Lipinski definition) is 2. The second-order valence-corrected chi connectivity index (χ2v) is 18.0. The Balaban J connectivity index is 0. The number of ether oxygens (including phenoxy) is 2. The van der Waals surface area contributed by atoms with Crippen LogP contribution in [-0.4, -0.2) is 48.1 Å². The molecule has 2 N–H and O–H groups in total. The van der Waals surface area contributed by atoms with Crippen molar-refractivity contribution in [3.8, 4) is 0 Å². The summed E-state index contributed by atoms with van der Waals surface area (Å²) >= 11 is 0. The van der Waals surface area contributed by atoms with Crippen molar-refractivity contribution in [2.45, 2.75) is 309 Å². The van der Waals surface area contributed by atoms with Crippen LogP contribution in [0.15, 0.2) is 0 Å². The van der Waals surface area contributed by atoms with Crippen molar-refractivity contribution in [1.29, 1.82) is 0 Å². The summed E-state index contributed by atoms with van der Waals surface area (Å²) in [5.41, 5.74) is 0. The number of esters is 2. The summed E-state index contributed by atoms with van der Waals surface area (Å²) in [5, 5.41) is 17.7. The maximum Gasteiger partial charge on any atom is 0.305 e. The van der Waals surface area contributed by atoms with Crippen molar-refractivity contribution in [1.82, 2.24) is 0 Å². The SMILES string of the molecule is CCCCCCCCCCCCCCCCCC(=O)OCC(O)CO.CCCCCCCCCCCCCCCCOC(=O)CCCCCCCCCCCCCCC. The zero-order chi connectivity index (χ0) is 43.4. The highest BCUT2D eigenvalue weighted by atomic mass is 16.5. The van der Waals surface area contributed by atoms with Gasteiger partial charge in [0.2, 0.25) is 0 Å². The molecule has 1 atom stereocenters. The van der Waals surface area contributed by atoms with E-state index >= 15 is 0 Å². The van der Waals surface area contributed by atoms with Crippen molar-refractivity contribution in [2.24, 2.45) is 0 Å². The normalized spacial score (nSPS) is 11.7. The van der Waals surface area contributed by atoms with Crippen molar-refractivity contribution in [3.63, 3.8) is 0 Å². The van der Waals surface area contributed by atoms with Crippen LogP contribution in [0.5, 0.6) is 0 Å². The maximum atomic E-state index is 11.9. The Morgan fingerprint density at radius 1 is 0.339 bits per heavy atom. The van der Waals surface area contributed by atoms with Crippen LogP contribution in [0.2, 0.25) is 0 Å². The van der Waals surface area contributed by atoms with Gasteiger partial charge in [0.05, 0.1) is 13.2 Å². The molecule has 0 radical (unpaired) electrons. The van der Waals surface area contributed by atoms with E-state index in [1.807, 2.05) is 0 Å². The van der Waals surface area contributed by atoms with Gasteiger partial charge in [0.15, 0.2) is 0 Å². The highest BCUT2D eigenvalue weighted by Crippen LogP contribution is 2.16. The summed E-state index contributed by atoms with van der Waals surface area (Å²) in [6.45, 7) is 7.00. The Labute approximate surface area is 369 Å². The Morgan fingerprint density at radius 2 is 0.559 bits per heavy atom. The van der Waals surface area contributed by atoms with Gasteiger partial charge in [0.25, 0.3) is 0 Å². The van der Waals surface area contributed by atoms with E-state index in [4.69, 9.17) is 19.7 Å². The second-order valence-electron chi connectivity index (χ2n) is 18.0. The first-order valence-corrected chi connectivity index (χ1v) is 26.6. The van der Waals surface area contributed by atoms with Gasteiger partial charge >= 0.3 is 11.9 Å². The second kappa shape index (κ2) is 54.9. The molecule has 0 spiro atoms. The minimum Gasteiger partial charge on any atom is -0.466 e. The van der Waals surface area contributed by atoms with Gasteiger partial charge in [-0.2, -0.15) is 0 Å². The van der Waals surface area contributed by atoms with Gasteiger partial charge in [-0.25, -0.2) is 0 Å². The van der Waals surface area contributed by atoms with E-state index in [0.717, 1.165) is 25.7 Å². The number of hydrogen-bond acceptors (Lipinski definition) is 6. The van der Waals surface area contributed by atoms with Crippen LogP contribution >= 0.6 is 0 Å². The molecule has 0 aromatic heterocycles.